The average molecular weight is 204 g/mol. The van der Waals surface area contributed by atoms with Crippen molar-refractivity contribution in [3.63, 3.8) is 0 Å². The zero-order valence-electron chi connectivity index (χ0n) is 7.73. The van der Waals surface area contributed by atoms with Crippen LogP contribution in [0.2, 0.25) is 0 Å². The van der Waals surface area contributed by atoms with Crippen molar-refractivity contribution < 1.29 is 9.79 Å². The van der Waals surface area contributed by atoms with Crippen molar-refractivity contribution in [2.75, 3.05) is 0 Å². The summed E-state index contributed by atoms with van der Waals surface area (Å²) in [7, 11) is -2.51. The van der Waals surface area contributed by atoms with Gasteiger partial charge in [0.1, 0.15) is 0 Å². The standard InChI is InChI=1S/C11H9O2P/c1-8-6-7-11(14(12)13)10-5-3-2-4-9(8)10/h2-7H,1H3/q-2. The summed E-state index contributed by atoms with van der Waals surface area (Å²) in [6.45, 7) is 1.98. The van der Waals surface area contributed by atoms with Crippen LogP contribution in [0.5, 0.6) is 0 Å². The quantitative estimate of drug-likeness (QED) is 0.645. The first-order valence-corrected chi connectivity index (χ1v) is 5.50. The van der Waals surface area contributed by atoms with Crippen LogP contribution in [-0.2, 0) is 0 Å². The number of aryl methyl sites for hydroxylation is 1. The van der Waals surface area contributed by atoms with Crippen molar-refractivity contribution in [2.24, 2.45) is 0 Å². The van der Waals surface area contributed by atoms with Gasteiger partial charge in [0.25, 0.3) is 0 Å². The van der Waals surface area contributed by atoms with Gasteiger partial charge in [-0.05, 0) is 28.6 Å². The summed E-state index contributed by atoms with van der Waals surface area (Å²) in [6, 6.07) is 11.0. The summed E-state index contributed by atoms with van der Waals surface area (Å²) in [5, 5.41) is 2.22. The average Bonchev–Trinajstić information content (AvgIpc) is 2.18. The zero-order chi connectivity index (χ0) is 10.1. The highest BCUT2D eigenvalue weighted by Gasteiger charge is 1.99. The summed E-state index contributed by atoms with van der Waals surface area (Å²) >= 11 is 0. The summed E-state index contributed by atoms with van der Waals surface area (Å²) in [5.41, 5.74) is 1.10. The summed E-state index contributed by atoms with van der Waals surface area (Å²) < 4.78 is 0. The topological polar surface area (TPSA) is 46.1 Å². The van der Waals surface area contributed by atoms with Crippen LogP contribution >= 0.6 is 8.38 Å². The number of benzene rings is 2. The van der Waals surface area contributed by atoms with Crippen LogP contribution in [0.25, 0.3) is 10.8 Å². The van der Waals surface area contributed by atoms with E-state index in [1.807, 2.05) is 37.3 Å². The number of fused-ring (bicyclic) bond motifs is 1. The Kier molecular flexibility index (Phi) is 2.51. The molecule has 0 unspecified atom stereocenters. The third kappa shape index (κ3) is 1.53. The molecule has 0 heterocycles. The molecular weight excluding hydrogens is 195 g/mol. The van der Waals surface area contributed by atoms with Gasteiger partial charge in [0, 0.05) is 0 Å². The van der Waals surface area contributed by atoms with Gasteiger partial charge in [-0.15, -0.1) is 0 Å². The van der Waals surface area contributed by atoms with E-state index in [2.05, 4.69) is 0 Å². The molecule has 2 nitrogen and oxygen atoms in total. The molecule has 2 aromatic carbocycles. The Morgan fingerprint density at radius 3 is 2.21 bits per heavy atom. The first-order chi connectivity index (χ1) is 6.70. The van der Waals surface area contributed by atoms with Crippen LogP contribution in [0.4, 0.5) is 0 Å². The highest BCUT2D eigenvalue weighted by atomic mass is 31.2. The molecule has 0 spiro atoms. The molecule has 3 heteroatoms. The second-order valence-corrected chi connectivity index (χ2v) is 4.20. The van der Waals surface area contributed by atoms with Crippen LogP contribution in [0.1, 0.15) is 5.56 Å². The highest BCUT2D eigenvalue weighted by molar-refractivity contribution is 7.51. The van der Waals surface area contributed by atoms with Gasteiger partial charge < -0.3 is 9.79 Å². The van der Waals surface area contributed by atoms with Crippen molar-refractivity contribution in [2.45, 2.75) is 6.92 Å². The molecule has 72 valence electrons. The monoisotopic (exact) mass is 204 g/mol. The molecule has 0 saturated carbocycles. The molecule has 14 heavy (non-hydrogen) atoms. The molecule has 0 bridgehead atoms. The predicted octanol–water partition coefficient (Wildman–Crippen LogP) is 0.806. The first-order valence-electron chi connectivity index (χ1n) is 4.33. The van der Waals surface area contributed by atoms with Crippen LogP contribution < -0.4 is 15.1 Å². The van der Waals surface area contributed by atoms with Gasteiger partial charge in [-0.1, -0.05) is 36.4 Å². The second kappa shape index (κ2) is 3.66. The lowest BCUT2D eigenvalue weighted by Crippen LogP contribution is -2.20. The largest absolute Gasteiger partial charge is 0.838 e. The van der Waals surface area contributed by atoms with E-state index in [1.165, 1.54) is 0 Å². The van der Waals surface area contributed by atoms with Crippen molar-refractivity contribution in [1.82, 2.24) is 0 Å². The Hall–Kier alpha value is -0.950. The summed E-state index contributed by atoms with van der Waals surface area (Å²) in [4.78, 5) is 21.9. The number of hydrogen-bond donors (Lipinski definition) is 0. The lowest BCUT2D eigenvalue weighted by molar-refractivity contribution is -0.286. The summed E-state index contributed by atoms with van der Waals surface area (Å²) in [6.07, 6.45) is 0. The molecule has 0 atom stereocenters. The van der Waals surface area contributed by atoms with Crippen molar-refractivity contribution in [3.8, 4) is 0 Å². The third-order valence-corrected chi connectivity index (χ3v) is 3.10. The van der Waals surface area contributed by atoms with Crippen LogP contribution in [0.3, 0.4) is 0 Å². The SMILES string of the molecule is Cc1ccc(P([O-])[O-])c2ccccc12. The molecule has 0 radical (unpaired) electrons. The molecule has 0 fully saturated rings. The van der Waals surface area contributed by atoms with E-state index in [0.717, 1.165) is 16.3 Å². The molecule has 2 rings (SSSR count). The maximum Gasteiger partial charge on any atom is -0.0129 e. The highest BCUT2D eigenvalue weighted by Crippen LogP contribution is 2.23. The normalized spacial score (nSPS) is 11.1. The van der Waals surface area contributed by atoms with E-state index >= 15 is 0 Å². The van der Waals surface area contributed by atoms with E-state index in [9.17, 15) is 9.79 Å². The Balaban J connectivity index is 2.82. The molecule has 0 aliphatic rings. The Bertz CT molecular complexity index is 466. The molecule has 0 amide bonds. The molecule has 0 aliphatic carbocycles. The molecule has 2 aromatic rings. The van der Waals surface area contributed by atoms with Gasteiger partial charge in [-0.25, -0.2) is 0 Å². The molecule has 0 aromatic heterocycles. The lowest BCUT2D eigenvalue weighted by atomic mass is 10.1. The zero-order valence-corrected chi connectivity index (χ0v) is 8.62. The number of hydrogen-bond acceptors (Lipinski definition) is 2. The maximum atomic E-state index is 11.0. The lowest BCUT2D eigenvalue weighted by Gasteiger charge is -2.32. The Morgan fingerprint density at radius 1 is 0.929 bits per heavy atom. The van der Waals surface area contributed by atoms with Gasteiger partial charge in [-0.2, -0.15) is 0 Å². The number of rotatable bonds is 1. The fourth-order valence-electron chi connectivity index (χ4n) is 1.59. The minimum atomic E-state index is -2.51. The first kappa shape index (κ1) is 9.60. The van der Waals surface area contributed by atoms with Gasteiger partial charge in [-0.3, -0.25) is 8.38 Å². The van der Waals surface area contributed by atoms with Gasteiger partial charge in [0.05, 0.1) is 0 Å². The predicted molar refractivity (Wildman–Crippen MR) is 55.2 cm³/mol. The second-order valence-electron chi connectivity index (χ2n) is 3.20. The minimum absolute atomic E-state index is 0.404. The third-order valence-electron chi connectivity index (χ3n) is 2.32. The van der Waals surface area contributed by atoms with E-state index in [4.69, 9.17) is 0 Å². The molecular formula is C11H9O2P-2. The maximum absolute atomic E-state index is 11.0. The van der Waals surface area contributed by atoms with E-state index in [-0.39, 0.29) is 0 Å². The van der Waals surface area contributed by atoms with Crippen molar-refractivity contribution >= 4 is 24.5 Å². The fourth-order valence-corrected chi connectivity index (χ4v) is 2.18. The van der Waals surface area contributed by atoms with Crippen LogP contribution in [0, 0.1) is 6.92 Å². The van der Waals surface area contributed by atoms with Gasteiger partial charge in [0.15, 0.2) is 0 Å². The van der Waals surface area contributed by atoms with Crippen molar-refractivity contribution in [1.29, 1.82) is 0 Å². The Labute approximate surface area is 83.7 Å². The van der Waals surface area contributed by atoms with Gasteiger partial charge in [0.2, 0.25) is 0 Å². The Morgan fingerprint density at radius 2 is 1.57 bits per heavy atom. The van der Waals surface area contributed by atoms with Crippen LogP contribution in [0.15, 0.2) is 36.4 Å². The minimum Gasteiger partial charge on any atom is -0.838 e. The molecule has 0 saturated heterocycles. The summed E-state index contributed by atoms with van der Waals surface area (Å²) in [5.74, 6) is 0. The van der Waals surface area contributed by atoms with Gasteiger partial charge >= 0.3 is 0 Å². The van der Waals surface area contributed by atoms with E-state index < -0.39 is 8.38 Å². The smallest absolute Gasteiger partial charge is 0.0129 e. The van der Waals surface area contributed by atoms with E-state index in [1.54, 1.807) is 6.07 Å². The fraction of sp³-hybridized carbons (Fsp3) is 0.0909. The molecule has 0 aliphatic heterocycles. The molecule has 0 N–H and O–H groups in total. The van der Waals surface area contributed by atoms with E-state index in [0.29, 0.717) is 5.30 Å². The van der Waals surface area contributed by atoms with Crippen molar-refractivity contribution in [3.05, 3.63) is 42.0 Å². The van der Waals surface area contributed by atoms with Crippen LogP contribution in [-0.4, -0.2) is 0 Å².